The van der Waals surface area contributed by atoms with Crippen molar-refractivity contribution in [3.8, 4) is 5.75 Å². The van der Waals surface area contributed by atoms with Gasteiger partial charge in [0.2, 0.25) is 0 Å². The molecular formula is C10H12O2S. The summed E-state index contributed by atoms with van der Waals surface area (Å²) in [6.45, 7) is 1.56. The minimum Gasteiger partial charge on any atom is -0.496 e. The zero-order valence-corrected chi connectivity index (χ0v) is 8.77. The van der Waals surface area contributed by atoms with Crippen molar-refractivity contribution in [2.24, 2.45) is 0 Å². The van der Waals surface area contributed by atoms with Crippen LogP contribution in [0.1, 0.15) is 17.3 Å². The summed E-state index contributed by atoms with van der Waals surface area (Å²) in [5, 5.41) is 0. The molecule has 70 valence electrons. The van der Waals surface area contributed by atoms with Gasteiger partial charge in [0.05, 0.1) is 12.0 Å². The number of methoxy groups -OCH3 is 1. The molecule has 0 atom stereocenters. The predicted octanol–water partition coefficient (Wildman–Crippen LogP) is 2.62. The number of ketones is 1. The molecule has 1 aromatic carbocycles. The Balaban J connectivity index is 3.27. The molecule has 0 N–H and O–H groups in total. The first-order chi connectivity index (χ1) is 6.20. The maximum absolute atomic E-state index is 11.2. The lowest BCUT2D eigenvalue weighted by Gasteiger charge is -2.08. The van der Waals surface area contributed by atoms with Crippen LogP contribution in [0, 0.1) is 0 Å². The molecule has 0 saturated heterocycles. The second kappa shape index (κ2) is 4.33. The highest BCUT2D eigenvalue weighted by molar-refractivity contribution is 7.98. The van der Waals surface area contributed by atoms with Crippen LogP contribution < -0.4 is 4.74 Å². The van der Waals surface area contributed by atoms with Crippen LogP contribution in [0.5, 0.6) is 5.75 Å². The van der Waals surface area contributed by atoms with Crippen LogP contribution in [0.25, 0.3) is 0 Å². The smallest absolute Gasteiger partial charge is 0.161 e. The van der Waals surface area contributed by atoms with E-state index in [9.17, 15) is 4.79 Å². The first kappa shape index (κ1) is 10.1. The standard InChI is InChI=1S/C10H12O2S/c1-7(11)8-5-4-6-9(12-2)10(8)13-3/h4-6H,1-3H3. The minimum atomic E-state index is 0.0725. The molecule has 0 bridgehead atoms. The molecule has 3 heteroatoms. The van der Waals surface area contributed by atoms with E-state index in [2.05, 4.69) is 0 Å². The second-order valence-electron chi connectivity index (χ2n) is 2.60. The molecule has 2 nitrogen and oxygen atoms in total. The average molecular weight is 196 g/mol. The van der Waals surface area contributed by atoms with E-state index in [-0.39, 0.29) is 5.78 Å². The number of carbonyl (C=O) groups is 1. The Kier molecular flexibility index (Phi) is 3.37. The van der Waals surface area contributed by atoms with Gasteiger partial charge in [-0.25, -0.2) is 0 Å². The van der Waals surface area contributed by atoms with E-state index in [0.717, 1.165) is 16.2 Å². The number of Topliss-reactive ketones (excluding diaryl/α,β-unsaturated/α-hetero) is 1. The molecule has 0 saturated carbocycles. The highest BCUT2D eigenvalue weighted by atomic mass is 32.2. The number of hydrogen-bond donors (Lipinski definition) is 0. The molecular weight excluding hydrogens is 184 g/mol. The monoisotopic (exact) mass is 196 g/mol. The van der Waals surface area contributed by atoms with Crippen LogP contribution in [0.2, 0.25) is 0 Å². The molecule has 0 aliphatic heterocycles. The fourth-order valence-corrected chi connectivity index (χ4v) is 1.95. The second-order valence-corrected chi connectivity index (χ2v) is 3.41. The van der Waals surface area contributed by atoms with Crippen molar-refractivity contribution in [2.45, 2.75) is 11.8 Å². The van der Waals surface area contributed by atoms with Crippen LogP contribution >= 0.6 is 11.8 Å². The van der Waals surface area contributed by atoms with Crippen molar-refractivity contribution in [3.05, 3.63) is 23.8 Å². The van der Waals surface area contributed by atoms with Gasteiger partial charge in [-0.1, -0.05) is 12.1 Å². The van der Waals surface area contributed by atoms with E-state index in [0.29, 0.717) is 0 Å². The quantitative estimate of drug-likeness (QED) is 0.549. The van der Waals surface area contributed by atoms with Crippen LogP contribution in [0.15, 0.2) is 23.1 Å². The number of thioether (sulfide) groups is 1. The number of carbonyl (C=O) groups excluding carboxylic acids is 1. The Bertz CT molecular complexity index is 321. The van der Waals surface area contributed by atoms with Gasteiger partial charge in [-0.05, 0) is 19.2 Å². The third kappa shape index (κ3) is 2.04. The number of hydrogen-bond acceptors (Lipinski definition) is 3. The Morgan fingerprint density at radius 2 is 2.15 bits per heavy atom. The van der Waals surface area contributed by atoms with Gasteiger partial charge in [-0.3, -0.25) is 4.79 Å². The fraction of sp³-hybridized carbons (Fsp3) is 0.300. The SMILES string of the molecule is COc1cccc(C(C)=O)c1SC. The molecule has 13 heavy (non-hydrogen) atoms. The Hall–Kier alpha value is -0.960. The van der Waals surface area contributed by atoms with Gasteiger partial charge in [-0.15, -0.1) is 11.8 Å². The van der Waals surface area contributed by atoms with Gasteiger partial charge < -0.3 is 4.74 Å². The van der Waals surface area contributed by atoms with Crippen LogP contribution in [-0.4, -0.2) is 19.1 Å². The summed E-state index contributed by atoms with van der Waals surface area (Å²) in [7, 11) is 1.61. The third-order valence-electron chi connectivity index (χ3n) is 1.78. The molecule has 0 spiro atoms. The summed E-state index contributed by atoms with van der Waals surface area (Å²) in [5.41, 5.74) is 0.729. The maximum Gasteiger partial charge on any atom is 0.161 e. The molecule has 0 aromatic heterocycles. The van der Waals surface area contributed by atoms with E-state index in [1.807, 2.05) is 24.5 Å². The highest BCUT2D eigenvalue weighted by Crippen LogP contribution is 2.30. The van der Waals surface area contributed by atoms with Crippen LogP contribution in [0.3, 0.4) is 0 Å². The molecule has 1 aromatic rings. The summed E-state index contributed by atoms with van der Waals surface area (Å²) in [6, 6.07) is 5.50. The third-order valence-corrected chi connectivity index (χ3v) is 2.61. The molecule has 1 rings (SSSR count). The Morgan fingerprint density at radius 1 is 1.46 bits per heavy atom. The van der Waals surface area contributed by atoms with Gasteiger partial charge in [-0.2, -0.15) is 0 Å². The molecule has 0 fully saturated rings. The first-order valence-corrected chi connectivity index (χ1v) is 5.15. The van der Waals surface area contributed by atoms with Crippen LogP contribution in [0.4, 0.5) is 0 Å². The normalized spacial score (nSPS) is 9.77. The molecule has 0 aliphatic rings. The van der Waals surface area contributed by atoms with Gasteiger partial charge in [0.15, 0.2) is 5.78 Å². The van der Waals surface area contributed by atoms with Crippen molar-refractivity contribution < 1.29 is 9.53 Å². The lowest BCUT2D eigenvalue weighted by molar-refractivity contribution is 0.101. The van der Waals surface area contributed by atoms with Crippen molar-refractivity contribution in [1.29, 1.82) is 0 Å². The van der Waals surface area contributed by atoms with Crippen molar-refractivity contribution in [3.63, 3.8) is 0 Å². The average Bonchev–Trinajstić information content (AvgIpc) is 2.16. The topological polar surface area (TPSA) is 26.3 Å². The maximum atomic E-state index is 11.2. The Labute approximate surface area is 82.3 Å². The van der Waals surface area contributed by atoms with E-state index < -0.39 is 0 Å². The molecule has 0 amide bonds. The Morgan fingerprint density at radius 3 is 2.62 bits per heavy atom. The molecule has 0 unspecified atom stereocenters. The van der Waals surface area contributed by atoms with E-state index in [4.69, 9.17) is 4.74 Å². The molecule has 0 heterocycles. The van der Waals surface area contributed by atoms with Gasteiger partial charge in [0.1, 0.15) is 5.75 Å². The summed E-state index contributed by atoms with van der Waals surface area (Å²) >= 11 is 1.53. The van der Waals surface area contributed by atoms with E-state index in [1.54, 1.807) is 14.0 Å². The van der Waals surface area contributed by atoms with E-state index in [1.165, 1.54) is 11.8 Å². The lowest BCUT2D eigenvalue weighted by Crippen LogP contribution is -1.97. The number of rotatable bonds is 3. The highest BCUT2D eigenvalue weighted by Gasteiger charge is 2.10. The van der Waals surface area contributed by atoms with Gasteiger partial charge >= 0.3 is 0 Å². The van der Waals surface area contributed by atoms with Gasteiger partial charge in [0.25, 0.3) is 0 Å². The number of benzene rings is 1. The number of ether oxygens (including phenoxy) is 1. The van der Waals surface area contributed by atoms with Crippen LogP contribution in [-0.2, 0) is 0 Å². The fourth-order valence-electron chi connectivity index (χ4n) is 1.16. The summed E-state index contributed by atoms with van der Waals surface area (Å²) < 4.78 is 5.15. The van der Waals surface area contributed by atoms with Gasteiger partial charge in [0, 0.05) is 5.56 Å². The zero-order valence-electron chi connectivity index (χ0n) is 7.96. The summed E-state index contributed by atoms with van der Waals surface area (Å²) in [5.74, 6) is 0.837. The lowest BCUT2D eigenvalue weighted by atomic mass is 10.1. The molecule has 0 radical (unpaired) electrons. The summed E-state index contributed by atoms with van der Waals surface area (Å²) in [6.07, 6.45) is 1.93. The van der Waals surface area contributed by atoms with Crippen molar-refractivity contribution >= 4 is 17.5 Å². The predicted molar refractivity (Wildman–Crippen MR) is 54.8 cm³/mol. The van der Waals surface area contributed by atoms with Crippen molar-refractivity contribution in [1.82, 2.24) is 0 Å². The molecule has 0 aliphatic carbocycles. The minimum absolute atomic E-state index is 0.0725. The van der Waals surface area contributed by atoms with E-state index >= 15 is 0 Å². The summed E-state index contributed by atoms with van der Waals surface area (Å²) in [4.78, 5) is 12.1. The van der Waals surface area contributed by atoms with Crippen molar-refractivity contribution in [2.75, 3.05) is 13.4 Å². The largest absolute Gasteiger partial charge is 0.496 e. The zero-order chi connectivity index (χ0) is 9.84. The first-order valence-electron chi connectivity index (χ1n) is 3.92.